The Balaban J connectivity index is 0.00000400. The molecule has 0 aliphatic heterocycles. The van der Waals surface area contributed by atoms with Crippen molar-refractivity contribution < 1.29 is 64.4 Å². The Morgan fingerprint density at radius 2 is 1.33 bits per heavy atom. The molecule has 0 bridgehead atoms. The van der Waals surface area contributed by atoms with Crippen LogP contribution in [0.1, 0.15) is 63.9 Å². The van der Waals surface area contributed by atoms with Gasteiger partial charge in [-0.05, 0) is 30.5 Å². The van der Waals surface area contributed by atoms with Gasteiger partial charge in [-0.25, -0.2) is 8.42 Å². The first kappa shape index (κ1) is 21.8. The molecule has 0 aliphatic rings. The van der Waals surface area contributed by atoms with E-state index in [2.05, 4.69) is 6.92 Å². The Morgan fingerprint density at radius 3 is 1.81 bits per heavy atom. The maximum Gasteiger partial charge on any atom is 1.00 e. The molecule has 0 radical (unpaired) electrons. The molecule has 0 unspecified atom stereocenters. The fourth-order valence-corrected chi connectivity index (χ4v) is 2.76. The van der Waals surface area contributed by atoms with Crippen molar-refractivity contribution in [2.45, 2.75) is 69.6 Å². The van der Waals surface area contributed by atoms with E-state index < -0.39 is 10.1 Å². The summed E-state index contributed by atoms with van der Waals surface area (Å²) >= 11 is 0. The van der Waals surface area contributed by atoms with Crippen LogP contribution in [0.25, 0.3) is 0 Å². The fraction of sp³-hybridized carbons (Fsp3) is 0.625. The first-order chi connectivity index (χ1) is 9.54. The van der Waals surface area contributed by atoms with Crippen LogP contribution < -0.4 is 51.4 Å². The van der Waals surface area contributed by atoms with Crippen molar-refractivity contribution in [3.8, 4) is 0 Å². The maximum absolute atomic E-state index is 10.8. The summed E-state index contributed by atoms with van der Waals surface area (Å²) in [5.41, 5.74) is 1.10. The van der Waals surface area contributed by atoms with Gasteiger partial charge in [-0.15, -0.1) is 0 Å². The Hall–Kier alpha value is 0.766. The van der Waals surface area contributed by atoms with Gasteiger partial charge in [-0.3, -0.25) is 0 Å². The molecule has 0 amide bonds. The van der Waals surface area contributed by atoms with Crippen LogP contribution in [0, 0.1) is 0 Å². The second-order valence-electron chi connectivity index (χ2n) is 5.32. The van der Waals surface area contributed by atoms with Gasteiger partial charge in [0.15, 0.2) is 0 Å². The van der Waals surface area contributed by atoms with Crippen LogP contribution >= 0.6 is 0 Å². The second-order valence-corrected chi connectivity index (χ2v) is 6.70. The Bertz CT molecular complexity index is 469. The molecule has 0 aliphatic carbocycles. The van der Waals surface area contributed by atoms with Gasteiger partial charge in [-0.2, -0.15) is 0 Å². The van der Waals surface area contributed by atoms with Gasteiger partial charge in [0, 0.05) is 0 Å². The first-order valence-electron chi connectivity index (χ1n) is 7.59. The molecule has 0 N–H and O–H groups in total. The van der Waals surface area contributed by atoms with E-state index >= 15 is 0 Å². The number of hydrogen-bond donors (Lipinski definition) is 0. The van der Waals surface area contributed by atoms with E-state index in [-0.39, 0.29) is 56.3 Å². The summed E-state index contributed by atoms with van der Waals surface area (Å²) in [5.74, 6) is 0. The molecule has 0 aromatic heterocycles. The number of unbranched alkanes of at least 4 members (excludes halogenated alkanes) is 7. The van der Waals surface area contributed by atoms with E-state index in [9.17, 15) is 13.0 Å². The molecule has 114 valence electrons. The molecule has 0 heterocycles. The van der Waals surface area contributed by atoms with Gasteiger partial charge in [0.05, 0.1) is 4.90 Å². The van der Waals surface area contributed by atoms with Crippen molar-refractivity contribution in [1.82, 2.24) is 0 Å². The summed E-state index contributed by atoms with van der Waals surface area (Å²) in [7, 11) is -4.31. The summed E-state index contributed by atoms with van der Waals surface area (Å²) in [6.07, 6.45) is 11.2. The molecule has 0 spiro atoms. The Labute approximate surface area is 172 Å². The number of hydrogen-bond acceptors (Lipinski definition) is 3. The van der Waals surface area contributed by atoms with Gasteiger partial charge in [0.25, 0.3) is 0 Å². The van der Waals surface area contributed by atoms with Gasteiger partial charge >= 0.3 is 51.4 Å². The first-order valence-corrected chi connectivity index (χ1v) is 8.99. The van der Waals surface area contributed by atoms with Crippen LogP contribution in [0.5, 0.6) is 0 Å². The predicted molar refractivity (Wildman–Crippen MR) is 80.7 cm³/mol. The number of aryl methyl sites for hydroxylation is 1. The molecule has 0 saturated heterocycles. The van der Waals surface area contributed by atoms with E-state index in [1.165, 1.54) is 57.1 Å². The molecule has 5 heteroatoms. The number of rotatable bonds is 10. The van der Waals surface area contributed by atoms with Crippen molar-refractivity contribution in [3.63, 3.8) is 0 Å². The van der Waals surface area contributed by atoms with Crippen LogP contribution in [-0.2, 0) is 16.5 Å². The van der Waals surface area contributed by atoms with Gasteiger partial charge < -0.3 is 4.55 Å². The molecule has 1 aromatic carbocycles. The minimum atomic E-state index is -4.31. The molecule has 1 aromatic rings. The standard InChI is InChI=1S/C16H26O3S.K/c1-2-3-4-5-6-7-8-9-10-15-11-13-16(14-12-15)20(17,18)19;/h11-14H,2-10H2,1H3,(H,17,18,19);/q;+1/p-1. The minimum Gasteiger partial charge on any atom is -0.744 e. The zero-order chi connectivity index (χ0) is 14.8. The van der Waals surface area contributed by atoms with Crippen molar-refractivity contribution in [2.75, 3.05) is 0 Å². The maximum atomic E-state index is 10.8. The summed E-state index contributed by atoms with van der Waals surface area (Å²) in [4.78, 5) is -0.142. The molecule has 0 fully saturated rings. The largest absolute Gasteiger partial charge is 1.00 e. The molecule has 3 nitrogen and oxygen atoms in total. The smallest absolute Gasteiger partial charge is 0.744 e. The average Bonchev–Trinajstić information content (AvgIpc) is 2.41. The zero-order valence-corrected chi connectivity index (χ0v) is 17.2. The Morgan fingerprint density at radius 1 is 0.857 bits per heavy atom. The van der Waals surface area contributed by atoms with Crippen LogP contribution in [-0.4, -0.2) is 13.0 Å². The van der Waals surface area contributed by atoms with Crippen LogP contribution in [0.3, 0.4) is 0 Å². The van der Waals surface area contributed by atoms with E-state index in [1.54, 1.807) is 12.1 Å². The van der Waals surface area contributed by atoms with Crippen LogP contribution in [0.4, 0.5) is 0 Å². The molecule has 0 saturated carbocycles. The Kier molecular flexibility index (Phi) is 12.7. The number of benzene rings is 1. The fourth-order valence-electron chi connectivity index (χ4n) is 2.29. The van der Waals surface area contributed by atoms with Gasteiger partial charge in [0.1, 0.15) is 10.1 Å². The van der Waals surface area contributed by atoms with Crippen molar-refractivity contribution in [3.05, 3.63) is 29.8 Å². The predicted octanol–water partition coefficient (Wildman–Crippen LogP) is 1.28. The van der Waals surface area contributed by atoms with E-state index in [0.717, 1.165) is 18.4 Å². The monoisotopic (exact) mass is 336 g/mol. The quantitative estimate of drug-likeness (QED) is 0.367. The molecular formula is C16H25KO3S. The molecule has 0 atom stereocenters. The van der Waals surface area contributed by atoms with Gasteiger partial charge in [0.2, 0.25) is 0 Å². The van der Waals surface area contributed by atoms with Crippen molar-refractivity contribution >= 4 is 10.1 Å². The van der Waals surface area contributed by atoms with Crippen LogP contribution in [0.2, 0.25) is 0 Å². The summed E-state index contributed by atoms with van der Waals surface area (Å²) in [6, 6.07) is 6.29. The topological polar surface area (TPSA) is 57.2 Å². The van der Waals surface area contributed by atoms with Crippen molar-refractivity contribution in [1.29, 1.82) is 0 Å². The SMILES string of the molecule is CCCCCCCCCCc1ccc(S(=O)(=O)[O-])cc1.[K+]. The third-order valence-electron chi connectivity index (χ3n) is 3.53. The van der Waals surface area contributed by atoms with Crippen LogP contribution in [0.15, 0.2) is 29.2 Å². The van der Waals surface area contributed by atoms with E-state index in [0.29, 0.717) is 0 Å². The summed E-state index contributed by atoms with van der Waals surface area (Å²) in [6.45, 7) is 2.23. The minimum absolute atomic E-state index is 0. The normalized spacial score (nSPS) is 11.1. The third kappa shape index (κ3) is 10.2. The third-order valence-corrected chi connectivity index (χ3v) is 4.38. The van der Waals surface area contributed by atoms with E-state index in [4.69, 9.17) is 0 Å². The zero-order valence-electron chi connectivity index (χ0n) is 13.3. The average molecular weight is 337 g/mol. The van der Waals surface area contributed by atoms with Crippen molar-refractivity contribution in [2.24, 2.45) is 0 Å². The summed E-state index contributed by atoms with van der Waals surface area (Å²) < 4.78 is 32.4. The molecule has 21 heavy (non-hydrogen) atoms. The molecular weight excluding hydrogens is 311 g/mol. The van der Waals surface area contributed by atoms with Gasteiger partial charge in [-0.1, -0.05) is 64.0 Å². The molecule has 1 rings (SSSR count). The second kappa shape index (κ2) is 12.2. The van der Waals surface area contributed by atoms with E-state index in [1.807, 2.05) is 0 Å². The summed E-state index contributed by atoms with van der Waals surface area (Å²) in [5, 5.41) is 0.